The third kappa shape index (κ3) is 4.54. The number of aryl methyl sites for hydroxylation is 1. The minimum atomic E-state index is -0.836. The van der Waals surface area contributed by atoms with Crippen LogP contribution < -0.4 is 10.9 Å². The number of aromatic nitrogens is 2. The molecule has 1 N–H and O–H groups in total. The van der Waals surface area contributed by atoms with E-state index in [1.165, 1.54) is 22.7 Å². The number of amides is 2. The number of pyridine rings is 1. The summed E-state index contributed by atoms with van der Waals surface area (Å²) in [5.41, 5.74) is 3.24. The van der Waals surface area contributed by atoms with E-state index in [4.69, 9.17) is 4.99 Å². The highest BCUT2D eigenvalue weighted by Gasteiger charge is 2.42. The van der Waals surface area contributed by atoms with Crippen LogP contribution in [0.4, 0.5) is 5.69 Å². The summed E-state index contributed by atoms with van der Waals surface area (Å²) in [4.78, 5) is 55.4. The van der Waals surface area contributed by atoms with E-state index in [1.807, 2.05) is 60.8 Å². The van der Waals surface area contributed by atoms with Crippen LogP contribution in [0.3, 0.4) is 0 Å². The number of aliphatic imine (C=N–C) groups is 2. The molecule has 2 amide bonds. The topological polar surface area (TPSA) is 108 Å². The van der Waals surface area contributed by atoms with Gasteiger partial charge in [-0.1, -0.05) is 36.0 Å². The fourth-order valence-corrected chi connectivity index (χ4v) is 5.99. The Labute approximate surface area is 226 Å². The minimum Gasteiger partial charge on any atom is -0.351 e. The van der Waals surface area contributed by atoms with Gasteiger partial charge in [-0.25, -0.2) is 14.9 Å². The van der Waals surface area contributed by atoms with Gasteiger partial charge in [-0.15, -0.1) is 11.3 Å². The standard InChI is InChI=1S/C27H22N6O3S2/c1-16-6-4-10-22-29-17(12-24(35)32(16)22)15-38-27-31-20-9-3-2-8-19(20)25-30-21(26(36)33(25)27)13-23(34)28-14-18-7-5-11-37-18/h2-12,21H,13-15H2,1H3,(H,28,34). The quantitative estimate of drug-likeness (QED) is 0.400. The van der Waals surface area contributed by atoms with Crippen LogP contribution >= 0.6 is 23.1 Å². The molecule has 0 saturated carbocycles. The maximum Gasteiger partial charge on any atom is 0.259 e. The van der Waals surface area contributed by atoms with Gasteiger partial charge in [0.2, 0.25) is 5.91 Å². The van der Waals surface area contributed by atoms with Crippen LogP contribution in [-0.2, 0) is 21.9 Å². The van der Waals surface area contributed by atoms with Crippen molar-refractivity contribution >= 4 is 57.3 Å². The summed E-state index contributed by atoms with van der Waals surface area (Å²) in [6, 6.07) is 17.5. The molecule has 1 unspecified atom stereocenters. The summed E-state index contributed by atoms with van der Waals surface area (Å²) >= 11 is 2.87. The Balaban J connectivity index is 1.24. The highest BCUT2D eigenvalue weighted by atomic mass is 32.2. The van der Waals surface area contributed by atoms with Crippen LogP contribution in [0.15, 0.2) is 80.8 Å². The Morgan fingerprint density at radius 3 is 2.82 bits per heavy atom. The molecule has 6 rings (SSSR count). The molecular weight excluding hydrogens is 520 g/mol. The molecule has 0 fully saturated rings. The number of amidine groups is 2. The van der Waals surface area contributed by atoms with Gasteiger partial charge < -0.3 is 5.32 Å². The lowest BCUT2D eigenvalue weighted by atomic mass is 10.1. The van der Waals surface area contributed by atoms with Crippen LogP contribution in [0.2, 0.25) is 0 Å². The van der Waals surface area contributed by atoms with Crippen molar-refractivity contribution in [1.29, 1.82) is 0 Å². The number of para-hydroxylation sites is 1. The predicted octanol–water partition coefficient (Wildman–Crippen LogP) is 3.66. The van der Waals surface area contributed by atoms with Crippen LogP contribution in [-0.4, -0.2) is 43.1 Å². The first-order chi connectivity index (χ1) is 18.5. The Bertz CT molecular complexity index is 1690. The largest absolute Gasteiger partial charge is 0.351 e. The van der Waals surface area contributed by atoms with Crippen molar-refractivity contribution in [3.63, 3.8) is 0 Å². The number of nitrogens with zero attached hydrogens (tertiary/aromatic N) is 5. The van der Waals surface area contributed by atoms with Crippen molar-refractivity contribution in [1.82, 2.24) is 19.6 Å². The van der Waals surface area contributed by atoms with Gasteiger partial charge in [-0.3, -0.25) is 23.8 Å². The number of hydrogen-bond acceptors (Lipinski definition) is 8. The highest BCUT2D eigenvalue weighted by molar-refractivity contribution is 8.13. The first-order valence-corrected chi connectivity index (χ1v) is 13.8. The minimum absolute atomic E-state index is 0.0489. The molecule has 38 heavy (non-hydrogen) atoms. The first-order valence-electron chi connectivity index (χ1n) is 12.0. The average Bonchev–Trinajstić information content (AvgIpc) is 3.54. The molecule has 0 bridgehead atoms. The number of hydrogen-bond donors (Lipinski definition) is 1. The van der Waals surface area contributed by atoms with Gasteiger partial charge in [0.15, 0.2) is 5.17 Å². The molecule has 0 saturated heterocycles. The molecule has 3 aromatic heterocycles. The number of benzene rings is 1. The summed E-state index contributed by atoms with van der Waals surface area (Å²) in [7, 11) is 0. The molecule has 0 aliphatic carbocycles. The monoisotopic (exact) mass is 542 g/mol. The second-order valence-corrected chi connectivity index (χ2v) is 10.8. The molecule has 2 aliphatic heterocycles. The van der Waals surface area contributed by atoms with E-state index in [0.717, 1.165) is 16.1 Å². The van der Waals surface area contributed by atoms with Gasteiger partial charge in [0.05, 0.1) is 24.3 Å². The van der Waals surface area contributed by atoms with E-state index in [0.29, 0.717) is 40.3 Å². The van der Waals surface area contributed by atoms with E-state index < -0.39 is 6.04 Å². The SMILES string of the molecule is Cc1cccc2nc(CSC3=Nc4ccccc4C4=NC(CC(=O)NCc5cccs5)C(=O)N34)cc(=O)n12. The molecule has 4 aromatic rings. The van der Waals surface area contributed by atoms with Crippen molar-refractivity contribution < 1.29 is 9.59 Å². The molecule has 9 nitrogen and oxygen atoms in total. The molecule has 11 heteroatoms. The summed E-state index contributed by atoms with van der Waals surface area (Å²) in [6.07, 6.45) is -0.0489. The van der Waals surface area contributed by atoms with Crippen molar-refractivity contribution in [3.05, 3.63) is 98.2 Å². The van der Waals surface area contributed by atoms with Crippen LogP contribution in [0, 0.1) is 6.92 Å². The first kappa shape index (κ1) is 24.3. The van der Waals surface area contributed by atoms with E-state index in [9.17, 15) is 14.4 Å². The Hall–Kier alpha value is -4.09. The van der Waals surface area contributed by atoms with Gasteiger partial charge in [0, 0.05) is 28.0 Å². The van der Waals surface area contributed by atoms with Crippen molar-refractivity contribution in [2.75, 3.05) is 0 Å². The Kier molecular flexibility index (Phi) is 6.38. The molecular formula is C27H22N6O3S2. The van der Waals surface area contributed by atoms with Crippen LogP contribution in [0.5, 0.6) is 0 Å². The fraction of sp³-hybridized carbons (Fsp3) is 0.185. The average molecular weight is 543 g/mol. The zero-order valence-corrected chi connectivity index (χ0v) is 22.0. The zero-order chi connectivity index (χ0) is 26.2. The number of thioether (sulfide) groups is 1. The smallest absolute Gasteiger partial charge is 0.259 e. The lowest BCUT2D eigenvalue weighted by Gasteiger charge is -2.25. The van der Waals surface area contributed by atoms with Crippen molar-refractivity contribution in [2.24, 2.45) is 9.98 Å². The third-order valence-corrected chi connectivity index (χ3v) is 8.10. The van der Waals surface area contributed by atoms with E-state index in [-0.39, 0.29) is 23.8 Å². The molecule has 0 radical (unpaired) electrons. The molecule has 1 atom stereocenters. The molecule has 190 valence electrons. The van der Waals surface area contributed by atoms with Gasteiger partial charge in [0.25, 0.3) is 11.5 Å². The maximum absolute atomic E-state index is 13.5. The van der Waals surface area contributed by atoms with Gasteiger partial charge >= 0.3 is 0 Å². The molecule has 1 aromatic carbocycles. The summed E-state index contributed by atoms with van der Waals surface area (Å²) < 4.78 is 1.56. The van der Waals surface area contributed by atoms with E-state index >= 15 is 0 Å². The van der Waals surface area contributed by atoms with Crippen LogP contribution in [0.25, 0.3) is 5.65 Å². The summed E-state index contributed by atoms with van der Waals surface area (Å²) in [5, 5.41) is 5.27. The second kappa shape index (κ2) is 9.99. The van der Waals surface area contributed by atoms with Gasteiger partial charge in [-0.2, -0.15) is 0 Å². The molecule has 2 aliphatic rings. The number of fused-ring (bicyclic) bond motifs is 4. The second-order valence-electron chi connectivity index (χ2n) is 8.85. The summed E-state index contributed by atoms with van der Waals surface area (Å²) in [6.45, 7) is 2.28. The Morgan fingerprint density at radius 2 is 1.97 bits per heavy atom. The lowest BCUT2D eigenvalue weighted by Crippen LogP contribution is -2.42. The van der Waals surface area contributed by atoms with E-state index in [2.05, 4.69) is 15.3 Å². The predicted molar refractivity (Wildman–Crippen MR) is 149 cm³/mol. The number of carbonyl (C=O) groups is 2. The van der Waals surface area contributed by atoms with Crippen molar-refractivity contribution in [2.45, 2.75) is 31.7 Å². The van der Waals surface area contributed by atoms with Gasteiger partial charge in [-0.05, 0) is 42.6 Å². The number of carbonyl (C=O) groups excluding carboxylic acids is 2. The fourth-order valence-electron chi connectivity index (χ4n) is 4.45. The summed E-state index contributed by atoms with van der Waals surface area (Å²) in [5.74, 6) is 0.288. The highest BCUT2D eigenvalue weighted by Crippen LogP contribution is 2.34. The third-order valence-electron chi connectivity index (χ3n) is 6.25. The maximum atomic E-state index is 13.5. The molecule has 0 spiro atoms. The number of thiophene rings is 1. The number of rotatable bonds is 6. The van der Waals surface area contributed by atoms with E-state index in [1.54, 1.807) is 21.8 Å². The van der Waals surface area contributed by atoms with Gasteiger partial charge in [0.1, 0.15) is 17.5 Å². The normalized spacial score (nSPS) is 16.2. The van der Waals surface area contributed by atoms with Crippen molar-refractivity contribution in [3.8, 4) is 0 Å². The zero-order valence-electron chi connectivity index (χ0n) is 20.3. The molecule has 5 heterocycles. The number of nitrogens with one attached hydrogen (secondary N) is 1. The lowest BCUT2D eigenvalue weighted by molar-refractivity contribution is -0.128. The van der Waals surface area contributed by atoms with Crippen LogP contribution in [0.1, 0.15) is 28.2 Å². The Morgan fingerprint density at radius 1 is 1.11 bits per heavy atom.